The van der Waals surface area contributed by atoms with Crippen molar-refractivity contribution in [3.8, 4) is 0 Å². The molecule has 0 unspecified atom stereocenters. The van der Waals surface area contributed by atoms with Crippen LogP contribution in [0.25, 0.3) is 0 Å². The Kier molecular flexibility index (Phi) is 7.56. The molecule has 2 fully saturated rings. The van der Waals surface area contributed by atoms with Crippen LogP contribution in [0.3, 0.4) is 0 Å². The van der Waals surface area contributed by atoms with E-state index < -0.39 is 0 Å². The van der Waals surface area contributed by atoms with E-state index in [1.54, 1.807) is 12.1 Å². The molecule has 1 heterocycles. The molecule has 0 aromatic heterocycles. The van der Waals surface area contributed by atoms with E-state index in [2.05, 4.69) is 10.2 Å². The Bertz CT molecular complexity index is 491. The van der Waals surface area contributed by atoms with Crippen LogP contribution in [0.15, 0.2) is 24.3 Å². The van der Waals surface area contributed by atoms with Crippen LogP contribution in [-0.4, -0.2) is 36.0 Å². The highest BCUT2D eigenvalue weighted by Gasteiger charge is 2.30. The highest BCUT2D eigenvalue weighted by Crippen LogP contribution is 2.40. The molecule has 22 heavy (non-hydrogen) atoms. The Balaban J connectivity index is 0.00000121. The summed E-state index contributed by atoms with van der Waals surface area (Å²) < 4.78 is 0. The minimum Gasteiger partial charge on any atom is -0.314 e. The number of hydrogen-bond acceptors (Lipinski definition) is 4. The number of nitrogens with one attached hydrogen (secondary N) is 1. The van der Waals surface area contributed by atoms with E-state index in [4.69, 9.17) is 0 Å². The average molecular weight is 348 g/mol. The lowest BCUT2D eigenvalue weighted by molar-refractivity contribution is -0.385. The fourth-order valence-corrected chi connectivity index (χ4v) is 3.00. The van der Waals surface area contributed by atoms with Crippen molar-refractivity contribution in [1.29, 1.82) is 0 Å². The van der Waals surface area contributed by atoms with Gasteiger partial charge in [0, 0.05) is 44.4 Å². The molecule has 0 radical (unpaired) electrons. The summed E-state index contributed by atoms with van der Waals surface area (Å²) in [7, 11) is 0. The fourth-order valence-electron chi connectivity index (χ4n) is 3.00. The lowest BCUT2D eigenvalue weighted by Gasteiger charge is -2.35. The summed E-state index contributed by atoms with van der Waals surface area (Å²) in [6.45, 7) is 4.08. The van der Waals surface area contributed by atoms with Gasteiger partial charge in [-0.1, -0.05) is 25.0 Å². The smallest absolute Gasteiger partial charge is 0.269 e. The maximum atomic E-state index is 11.0. The van der Waals surface area contributed by atoms with Crippen molar-refractivity contribution in [2.45, 2.75) is 25.3 Å². The SMILES string of the molecule is Cl.Cl.O=[N+]([O-])c1cccc([C@@H](CC2CC2)N2CCNCC2)c1. The Morgan fingerprint density at radius 3 is 2.55 bits per heavy atom. The summed E-state index contributed by atoms with van der Waals surface area (Å²) in [5.74, 6) is 0.814. The van der Waals surface area contributed by atoms with Crippen molar-refractivity contribution in [3.63, 3.8) is 0 Å². The topological polar surface area (TPSA) is 58.4 Å². The number of rotatable bonds is 5. The molecule has 5 nitrogen and oxygen atoms in total. The van der Waals surface area contributed by atoms with E-state index in [1.165, 1.54) is 12.8 Å². The second kappa shape index (κ2) is 8.67. The number of benzene rings is 1. The number of non-ortho nitro benzene ring substituents is 1. The molecule has 1 atom stereocenters. The molecule has 1 saturated heterocycles. The third-order valence-corrected chi connectivity index (χ3v) is 4.31. The first-order valence-electron chi connectivity index (χ1n) is 7.43. The van der Waals surface area contributed by atoms with E-state index in [-0.39, 0.29) is 35.4 Å². The van der Waals surface area contributed by atoms with Crippen LogP contribution >= 0.6 is 24.8 Å². The van der Waals surface area contributed by atoms with Gasteiger partial charge in [-0.25, -0.2) is 0 Å². The van der Waals surface area contributed by atoms with Gasteiger partial charge < -0.3 is 5.32 Å². The Morgan fingerprint density at radius 2 is 1.95 bits per heavy atom. The zero-order chi connectivity index (χ0) is 13.9. The monoisotopic (exact) mass is 347 g/mol. The number of halogens is 2. The van der Waals surface area contributed by atoms with Crippen molar-refractivity contribution in [2.75, 3.05) is 26.2 Å². The van der Waals surface area contributed by atoms with Crippen molar-refractivity contribution in [3.05, 3.63) is 39.9 Å². The highest BCUT2D eigenvalue weighted by molar-refractivity contribution is 5.85. The van der Waals surface area contributed by atoms with E-state index in [0.717, 1.165) is 44.1 Å². The molecule has 1 aliphatic carbocycles. The first kappa shape index (κ1) is 19.2. The lowest BCUT2D eigenvalue weighted by Crippen LogP contribution is -2.45. The molecule has 0 bridgehead atoms. The van der Waals surface area contributed by atoms with E-state index in [1.807, 2.05) is 12.1 Å². The van der Waals surface area contributed by atoms with Gasteiger partial charge in [0.05, 0.1) is 4.92 Å². The second-order valence-electron chi connectivity index (χ2n) is 5.83. The van der Waals surface area contributed by atoms with Gasteiger partial charge in [0.1, 0.15) is 0 Å². The normalized spacial score (nSPS) is 19.6. The molecule has 1 N–H and O–H groups in total. The van der Waals surface area contributed by atoms with Crippen molar-refractivity contribution in [2.24, 2.45) is 5.92 Å². The van der Waals surface area contributed by atoms with E-state index in [0.29, 0.717) is 6.04 Å². The minimum absolute atomic E-state index is 0. The zero-order valence-corrected chi connectivity index (χ0v) is 14.1. The van der Waals surface area contributed by atoms with Crippen molar-refractivity contribution in [1.82, 2.24) is 10.2 Å². The Hall–Kier alpha value is -0.880. The number of nitro groups is 1. The molecule has 1 aromatic rings. The number of piperazine rings is 1. The number of hydrogen-bond donors (Lipinski definition) is 1. The van der Waals surface area contributed by atoms with Gasteiger partial charge in [-0.2, -0.15) is 0 Å². The predicted octanol–water partition coefficient (Wildman–Crippen LogP) is 3.18. The number of nitro benzene ring substituents is 1. The van der Waals surface area contributed by atoms with E-state index >= 15 is 0 Å². The Morgan fingerprint density at radius 1 is 1.27 bits per heavy atom. The first-order valence-corrected chi connectivity index (χ1v) is 7.43. The molecule has 0 amide bonds. The van der Waals surface area contributed by atoms with Crippen LogP contribution in [-0.2, 0) is 0 Å². The lowest BCUT2D eigenvalue weighted by atomic mass is 9.98. The predicted molar refractivity (Wildman–Crippen MR) is 92.1 cm³/mol. The summed E-state index contributed by atoms with van der Waals surface area (Å²) >= 11 is 0. The van der Waals surface area contributed by atoms with Crippen LogP contribution < -0.4 is 5.32 Å². The van der Waals surface area contributed by atoms with Gasteiger partial charge >= 0.3 is 0 Å². The van der Waals surface area contributed by atoms with Crippen LogP contribution in [0.2, 0.25) is 0 Å². The molecular formula is C15H23Cl2N3O2. The van der Waals surface area contributed by atoms with Crippen LogP contribution in [0.1, 0.15) is 30.9 Å². The fraction of sp³-hybridized carbons (Fsp3) is 0.600. The summed E-state index contributed by atoms with van der Waals surface area (Å²) in [6.07, 6.45) is 3.77. The van der Waals surface area contributed by atoms with Gasteiger partial charge in [-0.15, -0.1) is 24.8 Å². The maximum Gasteiger partial charge on any atom is 0.269 e. The molecule has 7 heteroatoms. The second-order valence-corrected chi connectivity index (χ2v) is 5.83. The van der Waals surface area contributed by atoms with Crippen LogP contribution in [0, 0.1) is 16.0 Å². The van der Waals surface area contributed by atoms with Gasteiger partial charge in [0.25, 0.3) is 5.69 Å². The standard InChI is InChI=1S/C15H21N3O2.2ClH/c19-18(20)14-3-1-2-13(11-14)15(10-12-4-5-12)17-8-6-16-7-9-17;;/h1-3,11-12,15-16H,4-10H2;2*1H/t15-;;/m1../s1. The molecule has 124 valence electrons. The summed E-state index contributed by atoms with van der Waals surface area (Å²) in [5, 5.41) is 14.3. The molecule has 1 saturated carbocycles. The Labute approximate surface area is 143 Å². The molecular weight excluding hydrogens is 325 g/mol. The van der Waals surface area contributed by atoms with Gasteiger partial charge in [-0.3, -0.25) is 15.0 Å². The third-order valence-electron chi connectivity index (χ3n) is 4.31. The summed E-state index contributed by atoms with van der Waals surface area (Å²) in [4.78, 5) is 13.2. The summed E-state index contributed by atoms with van der Waals surface area (Å²) in [6, 6.07) is 7.53. The quantitative estimate of drug-likeness (QED) is 0.656. The van der Waals surface area contributed by atoms with Gasteiger partial charge in [0.15, 0.2) is 0 Å². The molecule has 3 rings (SSSR count). The van der Waals surface area contributed by atoms with E-state index in [9.17, 15) is 10.1 Å². The van der Waals surface area contributed by atoms with Crippen molar-refractivity contribution < 1.29 is 4.92 Å². The average Bonchev–Trinajstić information content (AvgIpc) is 3.30. The third kappa shape index (κ3) is 4.81. The maximum absolute atomic E-state index is 11.0. The molecule has 2 aliphatic rings. The largest absolute Gasteiger partial charge is 0.314 e. The zero-order valence-electron chi connectivity index (χ0n) is 12.4. The van der Waals surface area contributed by atoms with Gasteiger partial charge in [0.2, 0.25) is 0 Å². The number of nitrogens with zero attached hydrogens (tertiary/aromatic N) is 2. The minimum atomic E-state index is -0.296. The van der Waals surface area contributed by atoms with Crippen molar-refractivity contribution >= 4 is 30.5 Å². The summed E-state index contributed by atoms with van der Waals surface area (Å²) in [5.41, 5.74) is 1.31. The highest BCUT2D eigenvalue weighted by atomic mass is 35.5. The molecule has 0 spiro atoms. The van der Waals surface area contributed by atoms with Crippen LogP contribution in [0.4, 0.5) is 5.69 Å². The molecule has 1 aliphatic heterocycles. The first-order chi connectivity index (χ1) is 9.74. The van der Waals surface area contributed by atoms with Gasteiger partial charge in [-0.05, 0) is 17.9 Å². The van der Waals surface area contributed by atoms with Crippen LogP contribution in [0.5, 0.6) is 0 Å². The molecule has 1 aromatic carbocycles.